The van der Waals surface area contributed by atoms with Crippen LogP contribution >= 0.6 is 0 Å². The summed E-state index contributed by atoms with van der Waals surface area (Å²) in [5, 5.41) is 22.9. The maximum Gasteiger partial charge on any atom is 0.264 e. The molecule has 0 unspecified atom stereocenters. The highest BCUT2D eigenvalue weighted by Gasteiger charge is 2.16. The highest BCUT2D eigenvalue weighted by atomic mass is 32.2. The van der Waals surface area contributed by atoms with E-state index in [9.17, 15) is 13.5 Å². The van der Waals surface area contributed by atoms with Crippen molar-refractivity contribution in [3.63, 3.8) is 0 Å². The van der Waals surface area contributed by atoms with Crippen LogP contribution in [0.2, 0.25) is 0 Å². The van der Waals surface area contributed by atoms with E-state index in [0.717, 1.165) is 0 Å². The number of hydrogen-bond acceptors (Lipinski definition) is 6. The summed E-state index contributed by atoms with van der Waals surface area (Å²) >= 11 is 0. The summed E-state index contributed by atoms with van der Waals surface area (Å²) in [5.74, 6) is -0.160. The van der Waals surface area contributed by atoms with Gasteiger partial charge in [0, 0.05) is 9.43 Å². The average Bonchev–Trinajstić information content (AvgIpc) is 2.95. The van der Waals surface area contributed by atoms with E-state index in [0.29, 0.717) is 22.6 Å². The van der Waals surface area contributed by atoms with Crippen LogP contribution in [0.15, 0.2) is 68.2 Å². The van der Waals surface area contributed by atoms with Crippen molar-refractivity contribution >= 4 is 21.4 Å². The third-order valence-electron chi connectivity index (χ3n) is 3.87. The predicted octanol–water partition coefficient (Wildman–Crippen LogP) is 4.61. The van der Waals surface area contributed by atoms with Crippen LogP contribution in [0.3, 0.4) is 0 Å². The van der Waals surface area contributed by atoms with Crippen molar-refractivity contribution in [3.05, 3.63) is 70.2 Å². The average molecular weight is 397 g/mol. The van der Waals surface area contributed by atoms with E-state index in [4.69, 9.17) is 5.53 Å². The van der Waals surface area contributed by atoms with Gasteiger partial charge in [-0.3, -0.25) is 0 Å². The van der Waals surface area contributed by atoms with Crippen molar-refractivity contribution in [2.24, 2.45) is 14.7 Å². The van der Waals surface area contributed by atoms with Gasteiger partial charge in [-0.2, -0.15) is 14.9 Å². The van der Waals surface area contributed by atoms with Gasteiger partial charge in [-0.1, -0.05) is 18.2 Å². The standard InChI is InChI=1S/C17H15N7O3S/c1-11-10-14(28(26,27)23-22-18)8-9-15(11)19-20-16-12(2)21-24(17(16)25)13-6-4-3-5-7-13/h3-10,25H,1-2H3/b20-19+. The number of azo groups is 1. The number of nitrogens with zero attached hydrogens (tertiary/aromatic N) is 7. The third-order valence-corrected chi connectivity index (χ3v) is 5.01. The van der Waals surface area contributed by atoms with Crippen molar-refractivity contribution in [3.8, 4) is 11.6 Å². The zero-order valence-corrected chi connectivity index (χ0v) is 15.7. The van der Waals surface area contributed by atoms with Gasteiger partial charge in [0.05, 0.1) is 22.0 Å². The summed E-state index contributed by atoms with van der Waals surface area (Å²) in [6.45, 7) is 3.33. The number of hydrogen-bond donors (Lipinski definition) is 1. The summed E-state index contributed by atoms with van der Waals surface area (Å²) in [6.07, 6.45) is 0. The summed E-state index contributed by atoms with van der Waals surface area (Å²) in [5.41, 5.74) is 10.6. The van der Waals surface area contributed by atoms with Gasteiger partial charge in [-0.05, 0) is 55.3 Å². The molecule has 1 heterocycles. The smallest absolute Gasteiger partial charge is 0.264 e. The normalized spacial score (nSPS) is 11.5. The second-order valence-corrected chi connectivity index (χ2v) is 7.38. The van der Waals surface area contributed by atoms with E-state index < -0.39 is 10.0 Å². The number of rotatable bonds is 5. The van der Waals surface area contributed by atoms with Gasteiger partial charge in [0.15, 0.2) is 5.69 Å². The van der Waals surface area contributed by atoms with Crippen molar-refractivity contribution in [2.45, 2.75) is 18.7 Å². The van der Waals surface area contributed by atoms with Crippen LogP contribution in [-0.4, -0.2) is 23.3 Å². The fraction of sp³-hybridized carbons (Fsp3) is 0.118. The van der Waals surface area contributed by atoms with Crippen LogP contribution in [0.1, 0.15) is 11.3 Å². The van der Waals surface area contributed by atoms with E-state index in [1.54, 1.807) is 26.0 Å². The van der Waals surface area contributed by atoms with Crippen LogP contribution in [0.5, 0.6) is 5.88 Å². The highest BCUT2D eigenvalue weighted by Crippen LogP contribution is 2.34. The molecule has 0 aliphatic heterocycles. The Hall–Kier alpha value is -3.69. The first kappa shape index (κ1) is 19.1. The Morgan fingerprint density at radius 2 is 1.82 bits per heavy atom. The SMILES string of the molecule is Cc1cc(S(=O)(=O)N=[N+]=[N-])ccc1/N=N/c1c(C)nn(-c2ccccc2)c1O. The molecule has 0 amide bonds. The molecule has 10 nitrogen and oxygen atoms in total. The van der Waals surface area contributed by atoms with Crippen LogP contribution in [-0.2, 0) is 10.0 Å². The number of para-hydroxylation sites is 1. The molecular formula is C17H15N7O3S. The quantitative estimate of drug-likeness (QED) is 0.380. The third kappa shape index (κ3) is 3.70. The minimum Gasteiger partial charge on any atom is -0.492 e. The van der Waals surface area contributed by atoms with E-state index in [-0.39, 0.29) is 16.5 Å². The van der Waals surface area contributed by atoms with Gasteiger partial charge < -0.3 is 5.11 Å². The van der Waals surface area contributed by atoms with Crippen LogP contribution in [0, 0.1) is 13.8 Å². The maximum atomic E-state index is 11.8. The number of aryl methyl sites for hydroxylation is 2. The number of sulfonamides is 1. The summed E-state index contributed by atoms with van der Waals surface area (Å²) in [6, 6.07) is 13.1. The largest absolute Gasteiger partial charge is 0.492 e. The van der Waals surface area contributed by atoms with Gasteiger partial charge in [-0.15, -0.1) is 5.11 Å². The molecule has 0 saturated carbocycles. The monoisotopic (exact) mass is 397 g/mol. The topological polar surface area (TPSA) is 146 Å². The Labute approximate surface area is 160 Å². The summed E-state index contributed by atoms with van der Waals surface area (Å²) in [7, 11) is -4.07. The zero-order chi connectivity index (χ0) is 20.3. The predicted molar refractivity (Wildman–Crippen MR) is 102 cm³/mol. The summed E-state index contributed by atoms with van der Waals surface area (Å²) < 4.78 is 27.7. The Kier molecular flexibility index (Phi) is 5.12. The molecule has 11 heteroatoms. The Balaban J connectivity index is 1.95. The van der Waals surface area contributed by atoms with E-state index in [1.165, 1.54) is 22.9 Å². The van der Waals surface area contributed by atoms with Crippen LogP contribution in [0.25, 0.3) is 16.1 Å². The molecular weight excluding hydrogens is 382 g/mol. The van der Waals surface area contributed by atoms with Crippen molar-refractivity contribution in [2.75, 3.05) is 0 Å². The molecule has 0 bridgehead atoms. The molecule has 3 aromatic rings. The number of aromatic hydroxyl groups is 1. The molecule has 0 radical (unpaired) electrons. The lowest BCUT2D eigenvalue weighted by Crippen LogP contribution is -1.95. The van der Waals surface area contributed by atoms with E-state index in [1.807, 2.05) is 18.2 Å². The van der Waals surface area contributed by atoms with Crippen LogP contribution < -0.4 is 0 Å². The lowest BCUT2D eigenvalue weighted by Gasteiger charge is -2.03. The van der Waals surface area contributed by atoms with Gasteiger partial charge >= 0.3 is 0 Å². The molecule has 0 aliphatic rings. The molecule has 2 aromatic carbocycles. The van der Waals surface area contributed by atoms with Crippen molar-refractivity contribution in [1.82, 2.24) is 9.78 Å². The lowest BCUT2D eigenvalue weighted by atomic mass is 10.2. The Morgan fingerprint density at radius 3 is 2.46 bits per heavy atom. The minimum absolute atomic E-state index is 0.141. The molecule has 0 saturated heterocycles. The Morgan fingerprint density at radius 1 is 1.11 bits per heavy atom. The van der Waals surface area contributed by atoms with Gasteiger partial charge in [0.2, 0.25) is 5.88 Å². The molecule has 0 spiro atoms. The molecule has 1 aromatic heterocycles. The first-order valence-corrected chi connectivity index (χ1v) is 9.45. The summed E-state index contributed by atoms with van der Waals surface area (Å²) in [4.78, 5) is 2.18. The zero-order valence-electron chi connectivity index (χ0n) is 14.9. The second kappa shape index (κ2) is 7.51. The first-order chi connectivity index (χ1) is 13.3. The first-order valence-electron chi connectivity index (χ1n) is 8.01. The minimum atomic E-state index is -4.07. The maximum absolute atomic E-state index is 11.8. The molecule has 0 fully saturated rings. The fourth-order valence-corrected chi connectivity index (χ4v) is 3.23. The molecule has 0 aliphatic carbocycles. The van der Waals surface area contributed by atoms with Gasteiger partial charge in [0.25, 0.3) is 10.0 Å². The highest BCUT2D eigenvalue weighted by molar-refractivity contribution is 7.90. The molecule has 142 valence electrons. The Bertz CT molecular complexity index is 1210. The van der Waals surface area contributed by atoms with E-state index in [2.05, 4.69) is 24.8 Å². The lowest BCUT2D eigenvalue weighted by molar-refractivity contribution is 0.434. The van der Waals surface area contributed by atoms with E-state index >= 15 is 0 Å². The van der Waals surface area contributed by atoms with Crippen molar-refractivity contribution < 1.29 is 13.5 Å². The molecule has 28 heavy (non-hydrogen) atoms. The number of azide groups is 1. The van der Waals surface area contributed by atoms with Crippen molar-refractivity contribution in [1.29, 1.82) is 0 Å². The number of benzene rings is 2. The second-order valence-electron chi connectivity index (χ2n) is 5.80. The molecule has 3 rings (SSSR count). The number of aromatic nitrogens is 2. The molecule has 1 N–H and O–H groups in total. The van der Waals surface area contributed by atoms with Gasteiger partial charge in [-0.25, -0.2) is 8.42 Å². The van der Waals surface area contributed by atoms with Gasteiger partial charge in [0.1, 0.15) is 0 Å². The molecule has 0 atom stereocenters. The van der Waals surface area contributed by atoms with Crippen LogP contribution in [0.4, 0.5) is 11.4 Å². The fourth-order valence-electron chi connectivity index (χ4n) is 2.47.